The van der Waals surface area contributed by atoms with E-state index in [1.165, 1.54) is 22.6 Å². The molecule has 1 aromatic heterocycles. The molecular formula is C31H38N2O3. The van der Waals surface area contributed by atoms with Crippen molar-refractivity contribution >= 4 is 22.5 Å². The SMILES string of the molecule is CC1=CCCC2C1(C)CCC(C)C2(C)CC1=C(O)C(NCCc2c[nH]c3ccccc23)=CC(=O)C1=O. The molecule has 36 heavy (non-hydrogen) atoms. The Kier molecular flexibility index (Phi) is 6.22. The number of carbonyl (C=O) groups is 2. The first-order chi connectivity index (χ1) is 17.1. The van der Waals surface area contributed by atoms with Crippen molar-refractivity contribution in [2.75, 3.05) is 6.54 Å². The van der Waals surface area contributed by atoms with Crippen LogP contribution in [0.5, 0.6) is 0 Å². The summed E-state index contributed by atoms with van der Waals surface area (Å²) in [5.41, 5.74) is 4.28. The number of H-pyrrole nitrogens is 1. The summed E-state index contributed by atoms with van der Waals surface area (Å²) in [5.74, 6) is -0.354. The first kappa shape index (κ1) is 24.6. The van der Waals surface area contributed by atoms with Crippen LogP contribution in [0.2, 0.25) is 0 Å². The molecule has 0 saturated heterocycles. The van der Waals surface area contributed by atoms with E-state index in [0.29, 0.717) is 30.5 Å². The zero-order chi connectivity index (χ0) is 25.7. The average molecular weight is 487 g/mol. The van der Waals surface area contributed by atoms with E-state index in [9.17, 15) is 14.7 Å². The van der Waals surface area contributed by atoms with Gasteiger partial charge in [0.05, 0.1) is 5.70 Å². The number of Topliss-reactive ketones (excluding diaryl/α,β-unsaturated/α-hetero) is 1. The Bertz CT molecular complexity index is 1310. The number of carbonyl (C=O) groups excluding carboxylic acids is 2. The fourth-order valence-electron chi connectivity index (χ4n) is 7.24. The van der Waals surface area contributed by atoms with Crippen molar-refractivity contribution in [2.45, 2.75) is 66.2 Å². The van der Waals surface area contributed by atoms with E-state index in [0.717, 1.165) is 37.6 Å². The van der Waals surface area contributed by atoms with Crippen molar-refractivity contribution in [2.24, 2.45) is 22.7 Å². The van der Waals surface area contributed by atoms with Gasteiger partial charge < -0.3 is 15.4 Å². The molecule has 5 heteroatoms. The van der Waals surface area contributed by atoms with Gasteiger partial charge in [0.25, 0.3) is 0 Å². The van der Waals surface area contributed by atoms with E-state index < -0.39 is 11.6 Å². The number of aliphatic hydroxyl groups excluding tert-OH is 1. The highest BCUT2D eigenvalue weighted by Crippen LogP contribution is 2.62. The Morgan fingerprint density at radius 2 is 1.94 bits per heavy atom. The minimum absolute atomic E-state index is 0.0534. The van der Waals surface area contributed by atoms with E-state index in [4.69, 9.17) is 0 Å². The molecule has 3 N–H and O–H groups in total. The highest BCUT2D eigenvalue weighted by atomic mass is 16.3. The predicted molar refractivity (Wildman–Crippen MR) is 143 cm³/mol. The maximum atomic E-state index is 13.1. The number of para-hydroxylation sites is 1. The van der Waals surface area contributed by atoms with Crippen LogP contribution in [0, 0.1) is 22.7 Å². The van der Waals surface area contributed by atoms with Crippen LogP contribution in [-0.2, 0) is 16.0 Å². The first-order valence-corrected chi connectivity index (χ1v) is 13.3. The van der Waals surface area contributed by atoms with Crippen LogP contribution in [0.1, 0.15) is 65.4 Å². The number of aromatic amines is 1. The van der Waals surface area contributed by atoms with Crippen molar-refractivity contribution in [1.82, 2.24) is 10.3 Å². The lowest BCUT2D eigenvalue weighted by molar-refractivity contribution is -0.132. The summed E-state index contributed by atoms with van der Waals surface area (Å²) in [6.45, 7) is 9.71. The molecule has 1 fully saturated rings. The molecule has 5 rings (SSSR count). The first-order valence-electron chi connectivity index (χ1n) is 13.3. The predicted octanol–water partition coefficient (Wildman–Crippen LogP) is 6.34. The van der Waals surface area contributed by atoms with Crippen LogP contribution >= 0.6 is 0 Å². The van der Waals surface area contributed by atoms with Gasteiger partial charge in [-0.15, -0.1) is 0 Å². The normalized spacial score (nSPS) is 30.8. The molecule has 0 spiro atoms. The van der Waals surface area contributed by atoms with Crippen LogP contribution in [-0.4, -0.2) is 28.2 Å². The Hall–Kier alpha value is -3.08. The Morgan fingerprint density at radius 3 is 2.75 bits per heavy atom. The minimum Gasteiger partial charge on any atom is -0.505 e. The number of ketones is 2. The molecule has 3 aliphatic carbocycles. The van der Waals surface area contributed by atoms with Gasteiger partial charge in [-0.1, -0.05) is 50.6 Å². The fraction of sp³-hybridized carbons (Fsp3) is 0.484. The molecule has 1 heterocycles. The van der Waals surface area contributed by atoms with E-state index in [1.54, 1.807) is 0 Å². The van der Waals surface area contributed by atoms with E-state index in [2.05, 4.69) is 50.1 Å². The summed E-state index contributed by atoms with van der Waals surface area (Å²) in [5, 5.41) is 15.7. The summed E-state index contributed by atoms with van der Waals surface area (Å²) in [6.07, 6.45) is 11.2. The van der Waals surface area contributed by atoms with Gasteiger partial charge in [0.15, 0.2) is 0 Å². The third-order valence-electron chi connectivity index (χ3n) is 9.85. The number of rotatable bonds is 6. The van der Waals surface area contributed by atoms with Crippen molar-refractivity contribution in [3.8, 4) is 0 Å². The lowest BCUT2D eigenvalue weighted by atomic mass is 9.46. The molecule has 0 aliphatic heterocycles. The van der Waals surface area contributed by atoms with E-state index in [-0.39, 0.29) is 22.2 Å². The Labute approximate surface area is 213 Å². The summed E-state index contributed by atoms with van der Waals surface area (Å²) >= 11 is 0. The van der Waals surface area contributed by atoms with E-state index in [1.807, 2.05) is 24.4 Å². The van der Waals surface area contributed by atoms with Crippen LogP contribution < -0.4 is 5.32 Å². The fourth-order valence-corrected chi connectivity index (χ4v) is 7.24. The van der Waals surface area contributed by atoms with E-state index >= 15 is 0 Å². The van der Waals surface area contributed by atoms with Gasteiger partial charge in [0, 0.05) is 35.3 Å². The Balaban J connectivity index is 1.38. The Morgan fingerprint density at radius 1 is 1.17 bits per heavy atom. The van der Waals surface area contributed by atoms with Gasteiger partial charge in [-0.2, -0.15) is 0 Å². The number of allylic oxidation sites excluding steroid dienone is 4. The molecule has 4 unspecified atom stereocenters. The molecule has 2 aromatic rings. The molecule has 1 aromatic carbocycles. The summed E-state index contributed by atoms with van der Waals surface area (Å²) in [7, 11) is 0. The smallest absolute Gasteiger partial charge is 0.232 e. The quantitative estimate of drug-likeness (QED) is 0.253. The van der Waals surface area contributed by atoms with Gasteiger partial charge in [0.1, 0.15) is 5.76 Å². The molecule has 1 saturated carbocycles. The lowest BCUT2D eigenvalue weighted by Gasteiger charge is -2.58. The molecule has 4 atom stereocenters. The molecule has 3 aliphatic rings. The van der Waals surface area contributed by atoms with Gasteiger partial charge in [-0.3, -0.25) is 9.59 Å². The van der Waals surface area contributed by atoms with Gasteiger partial charge in [-0.25, -0.2) is 0 Å². The van der Waals surface area contributed by atoms with Crippen LogP contribution in [0.3, 0.4) is 0 Å². The topological polar surface area (TPSA) is 82.2 Å². The molecule has 190 valence electrons. The number of aliphatic hydroxyl groups is 1. The molecule has 0 radical (unpaired) electrons. The third-order valence-corrected chi connectivity index (χ3v) is 9.85. The van der Waals surface area contributed by atoms with Gasteiger partial charge >= 0.3 is 0 Å². The molecule has 5 nitrogen and oxygen atoms in total. The minimum atomic E-state index is -0.557. The third kappa shape index (κ3) is 3.93. The zero-order valence-corrected chi connectivity index (χ0v) is 21.9. The zero-order valence-electron chi connectivity index (χ0n) is 21.9. The lowest BCUT2D eigenvalue weighted by Crippen LogP contribution is -2.50. The standard InChI is InChI=1S/C31H38N2O3/c1-19-8-7-11-27-30(19,3)14-12-20(2)31(27,4)17-23-28(35)25(16-26(34)29(23)36)32-15-13-21-18-33-24-10-6-5-9-22(21)24/h5-6,8-10,16,18,20,27,32-33,35H,7,11-15,17H2,1-4H3. The molecule has 0 amide bonds. The highest BCUT2D eigenvalue weighted by Gasteiger charge is 2.54. The second-order valence-corrected chi connectivity index (χ2v) is 11.7. The van der Waals surface area contributed by atoms with Crippen molar-refractivity contribution in [3.63, 3.8) is 0 Å². The number of fused-ring (bicyclic) bond motifs is 2. The number of nitrogens with one attached hydrogen (secondary N) is 2. The van der Waals surface area contributed by atoms with Crippen LogP contribution in [0.4, 0.5) is 0 Å². The van der Waals surface area contributed by atoms with Crippen molar-refractivity contribution < 1.29 is 14.7 Å². The summed E-state index contributed by atoms with van der Waals surface area (Å²) in [6, 6.07) is 8.15. The van der Waals surface area contributed by atoms with Crippen molar-refractivity contribution in [1.29, 1.82) is 0 Å². The highest BCUT2D eigenvalue weighted by molar-refractivity contribution is 6.48. The number of benzene rings is 1. The number of hydrogen-bond donors (Lipinski definition) is 3. The average Bonchev–Trinajstić information content (AvgIpc) is 3.27. The van der Waals surface area contributed by atoms with Gasteiger partial charge in [0.2, 0.25) is 11.6 Å². The van der Waals surface area contributed by atoms with Gasteiger partial charge in [-0.05, 0) is 79.7 Å². The second kappa shape index (κ2) is 9.10. The summed E-state index contributed by atoms with van der Waals surface area (Å²) < 4.78 is 0. The maximum Gasteiger partial charge on any atom is 0.232 e. The van der Waals surface area contributed by atoms with Crippen LogP contribution in [0.25, 0.3) is 10.9 Å². The number of aromatic nitrogens is 1. The van der Waals surface area contributed by atoms with Crippen LogP contribution in [0.15, 0.2) is 65.2 Å². The van der Waals surface area contributed by atoms with Crippen molar-refractivity contribution in [3.05, 3.63) is 70.8 Å². The number of hydrogen-bond acceptors (Lipinski definition) is 4. The maximum absolute atomic E-state index is 13.1. The molecular weight excluding hydrogens is 448 g/mol. The second-order valence-electron chi connectivity index (χ2n) is 11.7. The largest absolute Gasteiger partial charge is 0.505 e. The molecule has 0 bridgehead atoms. The summed E-state index contributed by atoms with van der Waals surface area (Å²) in [4.78, 5) is 29.1. The monoisotopic (exact) mass is 486 g/mol.